The van der Waals surface area contributed by atoms with Crippen LogP contribution < -0.4 is 0 Å². The third-order valence-electron chi connectivity index (χ3n) is 19.1. The molecule has 0 aliphatic carbocycles. The molecular formula is C90H62N8. The molecule has 98 heavy (non-hydrogen) atoms. The molecule has 0 atom stereocenters. The largest absolute Gasteiger partial charge is 0.354 e. The van der Waals surface area contributed by atoms with E-state index in [1.165, 1.54) is 11.1 Å². The summed E-state index contributed by atoms with van der Waals surface area (Å²) in [6, 6.07) is 99.0. The second-order valence-electron chi connectivity index (χ2n) is 25.1. The number of aryl methyl sites for hydroxylation is 2. The molecule has 0 amide bonds. The lowest BCUT2D eigenvalue weighted by molar-refractivity contribution is 0.961. The lowest BCUT2D eigenvalue weighted by Gasteiger charge is -2.09. The van der Waals surface area contributed by atoms with E-state index in [0.29, 0.717) is 0 Å². The fraction of sp³-hybridized carbons (Fsp3) is 0.0222. The number of aromatic nitrogens is 8. The summed E-state index contributed by atoms with van der Waals surface area (Å²) < 4.78 is 0. The van der Waals surface area contributed by atoms with E-state index < -0.39 is 0 Å². The molecule has 0 unspecified atom stereocenters. The van der Waals surface area contributed by atoms with Crippen molar-refractivity contribution < 1.29 is 0 Å². The first-order valence-corrected chi connectivity index (χ1v) is 33.4. The molecule has 0 radical (unpaired) electrons. The van der Waals surface area contributed by atoms with Crippen LogP contribution in [-0.4, -0.2) is 39.9 Å². The summed E-state index contributed by atoms with van der Waals surface area (Å²) in [6.45, 7) is 0. The van der Waals surface area contributed by atoms with Gasteiger partial charge >= 0.3 is 0 Å². The van der Waals surface area contributed by atoms with Crippen LogP contribution in [0.3, 0.4) is 0 Å². The van der Waals surface area contributed by atoms with Gasteiger partial charge in [-0.15, -0.1) is 0 Å². The van der Waals surface area contributed by atoms with Crippen molar-refractivity contribution in [2.24, 2.45) is 0 Å². The van der Waals surface area contributed by atoms with Crippen molar-refractivity contribution >= 4 is 92.7 Å². The van der Waals surface area contributed by atoms with Crippen molar-refractivity contribution in [2.75, 3.05) is 0 Å². The van der Waals surface area contributed by atoms with Gasteiger partial charge < -0.3 is 19.9 Å². The van der Waals surface area contributed by atoms with E-state index in [2.05, 4.69) is 348 Å². The van der Waals surface area contributed by atoms with Gasteiger partial charge in [0.05, 0.1) is 45.6 Å². The summed E-state index contributed by atoms with van der Waals surface area (Å²) in [5, 5.41) is 0. The van der Waals surface area contributed by atoms with Crippen LogP contribution in [0.4, 0.5) is 0 Å². The van der Waals surface area contributed by atoms with E-state index in [0.717, 1.165) is 192 Å². The average molecular weight is 1260 g/mol. The second kappa shape index (κ2) is 24.7. The number of H-pyrrole nitrogens is 4. The van der Waals surface area contributed by atoms with Crippen LogP contribution >= 0.6 is 0 Å². The van der Waals surface area contributed by atoms with Crippen molar-refractivity contribution in [2.45, 2.75) is 12.8 Å². The predicted molar refractivity (Wildman–Crippen MR) is 409 cm³/mol. The van der Waals surface area contributed by atoms with Crippen LogP contribution in [0.25, 0.3) is 182 Å². The minimum absolute atomic E-state index is 0.852. The molecule has 18 rings (SSSR count). The van der Waals surface area contributed by atoms with E-state index in [1.807, 2.05) is 0 Å². The third-order valence-corrected chi connectivity index (χ3v) is 19.1. The van der Waals surface area contributed by atoms with Crippen LogP contribution in [0.15, 0.2) is 279 Å². The van der Waals surface area contributed by atoms with E-state index >= 15 is 0 Å². The maximum absolute atomic E-state index is 5.57. The van der Waals surface area contributed by atoms with Crippen LogP contribution in [0.1, 0.15) is 56.7 Å². The van der Waals surface area contributed by atoms with Gasteiger partial charge in [-0.1, -0.05) is 231 Å². The van der Waals surface area contributed by atoms with Gasteiger partial charge in [0, 0.05) is 88.6 Å². The standard InChI is InChI=1S/C90H62N8/c1-7-19-59(20-8-1)83-67-41-45-71(91-67)85(61-23-11-3-12-24-61)75-49-53-79(95-75)89(80-54-50-76(96-80)86(62-25-13-4-14-26-62)72-46-42-68(83)92-72)65-37-33-57(34-38-65)31-32-58-35-39-66(40-36-58)90-81-55-51-77(97-81)87(63-27-15-5-16-28-63)73-47-43-69(93-73)84(60-21-9-2-10-22-60)70-44-48-74(94-70)88(64-29-17-6-18-30-64)78-52-56-82(90)98-78/h1-30,33-56,91,93,96,98H,31-32H2. The van der Waals surface area contributed by atoms with Gasteiger partial charge in [0.15, 0.2) is 0 Å². The van der Waals surface area contributed by atoms with Gasteiger partial charge in [-0.05, 0) is 166 Å². The number of nitrogens with zero attached hydrogens (tertiary/aromatic N) is 4. The van der Waals surface area contributed by atoms with Crippen LogP contribution in [0.2, 0.25) is 0 Å². The molecule has 8 nitrogen and oxygen atoms in total. The van der Waals surface area contributed by atoms with Gasteiger partial charge in [0.25, 0.3) is 0 Å². The lowest BCUT2D eigenvalue weighted by atomic mass is 9.97. The molecule has 8 aromatic carbocycles. The Hall–Kier alpha value is -13.0. The minimum atomic E-state index is 0.852. The number of hydrogen-bond acceptors (Lipinski definition) is 4. The number of nitrogens with one attached hydrogen (secondary N) is 4. The fourth-order valence-electron chi connectivity index (χ4n) is 14.4. The van der Waals surface area contributed by atoms with Crippen molar-refractivity contribution in [1.29, 1.82) is 0 Å². The zero-order valence-electron chi connectivity index (χ0n) is 53.4. The predicted octanol–water partition coefficient (Wildman–Crippen LogP) is 22.7. The van der Waals surface area contributed by atoms with Gasteiger partial charge in [-0.25, -0.2) is 19.9 Å². The number of rotatable bonds is 11. The zero-order valence-corrected chi connectivity index (χ0v) is 53.4. The molecule has 14 aromatic rings. The van der Waals surface area contributed by atoms with Gasteiger partial charge in [-0.3, -0.25) is 0 Å². The Balaban J connectivity index is 0.737. The highest BCUT2D eigenvalue weighted by Gasteiger charge is 2.22. The molecule has 0 fully saturated rings. The SMILES string of the molecule is C1=Cc2nc1c(-c1ccccc1)c1ccc([nH]1)c(-c1ccccc1)c1nc(c(-c3ccc(CCc4ccc(-c5c6nc(c(-c7ccccc7)c7ccc([nH]7)c(-c7ccccc7)c7nc(c(-c8ccccc8)c8ccc5[nH]8)C=C7)C=C6)cc4)cc3)c3ccc([nH]3)c2-c2ccccc2)C=C1. The fourth-order valence-corrected chi connectivity index (χ4v) is 14.4. The van der Waals surface area contributed by atoms with Gasteiger partial charge in [-0.2, -0.15) is 0 Å². The molecule has 4 aliphatic rings. The summed E-state index contributed by atoms with van der Waals surface area (Å²) in [5.74, 6) is 0. The summed E-state index contributed by atoms with van der Waals surface area (Å²) in [4.78, 5) is 37.7. The third kappa shape index (κ3) is 10.7. The smallest absolute Gasteiger partial charge is 0.0737 e. The Morgan fingerprint density at radius 2 is 0.316 bits per heavy atom. The Labute approximate surface area is 566 Å². The van der Waals surface area contributed by atoms with E-state index in [4.69, 9.17) is 19.9 Å². The Morgan fingerprint density at radius 1 is 0.163 bits per heavy atom. The molecule has 0 saturated carbocycles. The monoisotopic (exact) mass is 1250 g/mol. The maximum atomic E-state index is 5.57. The van der Waals surface area contributed by atoms with E-state index in [9.17, 15) is 0 Å². The molecule has 16 bridgehead atoms. The molecule has 6 aromatic heterocycles. The first-order valence-electron chi connectivity index (χ1n) is 33.4. The first kappa shape index (κ1) is 57.6. The summed E-state index contributed by atoms with van der Waals surface area (Å²) in [7, 11) is 0. The number of aromatic amines is 4. The average Bonchev–Trinajstić information content (AvgIpc) is 1.62. The first-order chi connectivity index (χ1) is 48.5. The normalized spacial score (nSPS) is 12.2. The topological polar surface area (TPSA) is 115 Å². The molecule has 0 spiro atoms. The highest BCUT2D eigenvalue weighted by Crippen LogP contribution is 2.42. The molecule has 4 aliphatic heterocycles. The van der Waals surface area contributed by atoms with Crippen molar-refractivity contribution in [3.63, 3.8) is 0 Å². The van der Waals surface area contributed by atoms with Gasteiger partial charge in [0.1, 0.15) is 0 Å². The molecule has 10 heterocycles. The Morgan fingerprint density at radius 3 is 0.480 bits per heavy atom. The van der Waals surface area contributed by atoms with E-state index in [-0.39, 0.29) is 0 Å². The van der Waals surface area contributed by atoms with Crippen molar-refractivity contribution in [3.8, 4) is 89.0 Å². The summed E-state index contributed by atoms with van der Waals surface area (Å²) in [5.41, 5.74) is 34.0. The molecule has 0 saturated heterocycles. The number of benzene rings is 8. The number of fused-ring (bicyclic) bond motifs is 16. The van der Waals surface area contributed by atoms with Crippen molar-refractivity contribution in [3.05, 3.63) is 336 Å². The van der Waals surface area contributed by atoms with Crippen molar-refractivity contribution in [1.82, 2.24) is 39.9 Å². The van der Waals surface area contributed by atoms with Crippen LogP contribution in [-0.2, 0) is 12.8 Å². The molecular weight excluding hydrogens is 1190 g/mol. The maximum Gasteiger partial charge on any atom is 0.0737 e. The van der Waals surface area contributed by atoms with E-state index in [1.54, 1.807) is 0 Å². The number of hydrogen-bond donors (Lipinski definition) is 4. The minimum Gasteiger partial charge on any atom is -0.354 e. The Kier molecular flexibility index (Phi) is 14.5. The zero-order chi connectivity index (χ0) is 64.9. The molecule has 8 heteroatoms. The Bertz CT molecular complexity index is 5470. The summed E-state index contributed by atoms with van der Waals surface area (Å²) >= 11 is 0. The molecule has 462 valence electrons. The highest BCUT2D eigenvalue weighted by atomic mass is 14.8. The quantitative estimate of drug-likeness (QED) is 0.103. The highest BCUT2D eigenvalue weighted by molar-refractivity contribution is 6.03. The van der Waals surface area contributed by atoms with Crippen LogP contribution in [0, 0.1) is 0 Å². The lowest BCUT2D eigenvalue weighted by Crippen LogP contribution is -1.93. The second-order valence-corrected chi connectivity index (χ2v) is 25.1. The van der Waals surface area contributed by atoms with Crippen LogP contribution in [0.5, 0.6) is 0 Å². The van der Waals surface area contributed by atoms with Gasteiger partial charge in [0.2, 0.25) is 0 Å². The summed E-state index contributed by atoms with van der Waals surface area (Å²) in [6.07, 6.45) is 19.0. The molecule has 4 N–H and O–H groups in total.